The minimum atomic E-state index is 0.661. The lowest BCUT2D eigenvalue weighted by molar-refractivity contribution is 0.288. The highest BCUT2D eigenvalue weighted by molar-refractivity contribution is 5.28. The molecule has 1 aliphatic heterocycles. The van der Waals surface area contributed by atoms with Gasteiger partial charge in [-0.1, -0.05) is 29.4 Å². The van der Waals surface area contributed by atoms with Crippen molar-refractivity contribution in [3.8, 4) is 5.75 Å². The topological polar surface area (TPSA) is 68.1 Å². The van der Waals surface area contributed by atoms with Gasteiger partial charge < -0.3 is 10.1 Å². The Bertz CT molecular complexity index is 669. The molecule has 7 nitrogen and oxygen atoms in total. The van der Waals surface area contributed by atoms with Crippen LogP contribution in [0.25, 0.3) is 0 Å². The molecule has 1 aromatic heterocycles. The van der Waals surface area contributed by atoms with Crippen molar-refractivity contribution in [1.82, 2.24) is 25.1 Å². The molecule has 1 aliphatic rings. The summed E-state index contributed by atoms with van der Waals surface area (Å²) < 4.78 is 7.47. The maximum Gasteiger partial charge on any atom is 0.242 e. The van der Waals surface area contributed by atoms with E-state index in [1.165, 1.54) is 5.56 Å². The minimum Gasteiger partial charge on any atom is -0.494 e. The number of nitrogens with zero attached hydrogens (tertiary/aromatic N) is 5. The zero-order valence-electron chi connectivity index (χ0n) is 14.1. The molecule has 1 N–H and O–H groups in total. The maximum absolute atomic E-state index is 5.85. The van der Waals surface area contributed by atoms with Crippen molar-refractivity contribution in [1.29, 1.82) is 0 Å². The average Bonchev–Trinajstić information content (AvgIpc) is 3.01. The molecule has 128 valence electrons. The number of benzene rings is 1. The highest BCUT2D eigenvalue weighted by Crippen LogP contribution is 2.16. The van der Waals surface area contributed by atoms with E-state index in [-0.39, 0.29) is 0 Å². The van der Waals surface area contributed by atoms with Crippen LogP contribution in [0.1, 0.15) is 18.4 Å². The van der Waals surface area contributed by atoms with Gasteiger partial charge in [0.2, 0.25) is 5.95 Å². The first-order chi connectivity index (χ1) is 11.8. The van der Waals surface area contributed by atoms with Crippen LogP contribution >= 0.6 is 0 Å². The molecule has 0 aliphatic carbocycles. The van der Waals surface area contributed by atoms with E-state index in [9.17, 15) is 0 Å². The second-order valence-electron chi connectivity index (χ2n) is 5.90. The van der Waals surface area contributed by atoms with Crippen molar-refractivity contribution in [3.05, 3.63) is 42.0 Å². The van der Waals surface area contributed by atoms with Crippen LogP contribution in [0.5, 0.6) is 5.75 Å². The van der Waals surface area contributed by atoms with Crippen LogP contribution in [0.15, 0.2) is 36.4 Å². The van der Waals surface area contributed by atoms with Gasteiger partial charge in [0, 0.05) is 33.2 Å². The van der Waals surface area contributed by atoms with Gasteiger partial charge in [-0.3, -0.25) is 4.90 Å². The number of ether oxygens (including phenoxy) is 1. The molecule has 24 heavy (non-hydrogen) atoms. The fraction of sp³-hybridized carbons (Fsp3) is 0.471. The maximum atomic E-state index is 5.85. The second kappa shape index (κ2) is 8.44. The van der Waals surface area contributed by atoms with Crippen molar-refractivity contribution in [2.45, 2.75) is 19.4 Å². The number of hydrogen-bond acceptors (Lipinski definition) is 6. The third kappa shape index (κ3) is 4.79. The van der Waals surface area contributed by atoms with Gasteiger partial charge in [-0.2, -0.15) is 0 Å². The molecule has 0 spiro atoms. The molecule has 1 aromatic carbocycles. The third-order valence-corrected chi connectivity index (χ3v) is 3.94. The van der Waals surface area contributed by atoms with Crippen LogP contribution in [-0.2, 0) is 13.6 Å². The van der Waals surface area contributed by atoms with Crippen LogP contribution in [0, 0.1) is 0 Å². The van der Waals surface area contributed by atoms with Gasteiger partial charge in [0.05, 0.1) is 6.61 Å². The molecule has 2 heterocycles. The predicted molar refractivity (Wildman–Crippen MR) is 92.9 cm³/mol. The van der Waals surface area contributed by atoms with Crippen LogP contribution in [0.2, 0.25) is 0 Å². The highest BCUT2D eigenvalue weighted by Gasteiger charge is 2.07. The van der Waals surface area contributed by atoms with E-state index in [4.69, 9.17) is 4.74 Å². The summed E-state index contributed by atoms with van der Waals surface area (Å²) in [5, 5.41) is 14.4. The predicted octanol–water partition coefficient (Wildman–Crippen LogP) is 1.85. The number of hydrogen-bond donors (Lipinski definition) is 1. The quantitative estimate of drug-likeness (QED) is 0.589. The molecular weight excluding hydrogens is 304 g/mol. The van der Waals surface area contributed by atoms with Crippen LogP contribution < -0.4 is 10.1 Å². The van der Waals surface area contributed by atoms with Gasteiger partial charge in [0.25, 0.3) is 0 Å². The second-order valence-corrected chi connectivity index (χ2v) is 5.90. The Balaban J connectivity index is 1.39. The molecule has 0 saturated carbocycles. The summed E-state index contributed by atoms with van der Waals surface area (Å²) in [6.45, 7) is 4.57. The Labute approximate surface area is 142 Å². The number of tetrazole rings is 1. The lowest BCUT2D eigenvalue weighted by Gasteiger charge is -2.23. The molecule has 0 amide bonds. The van der Waals surface area contributed by atoms with E-state index in [0.717, 1.165) is 44.8 Å². The Kier molecular flexibility index (Phi) is 5.79. The number of anilines is 1. The number of aryl methyl sites for hydroxylation is 1. The molecule has 0 bridgehead atoms. The first-order valence-corrected chi connectivity index (χ1v) is 8.36. The zero-order chi connectivity index (χ0) is 16.6. The SMILES string of the molecule is Cn1nnnc1NCCCOc1cccc(CN2CC=CCC2)c1. The van der Waals surface area contributed by atoms with E-state index in [2.05, 4.69) is 56.1 Å². The van der Waals surface area contributed by atoms with Gasteiger partial charge >= 0.3 is 0 Å². The summed E-state index contributed by atoms with van der Waals surface area (Å²) in [5.41, 5.74) is 1.30. The molecule has 0 unspecified atom stereocenters. The fourth-order valence-electron chi connectivity index (χ4n) is 2.67. The van der Waals surface area contributed by atoms with Crippen LogP contribution in [0.3, 0.4) is 0 Å². The molecule has 0 atom stereocenters. The van der Waals surface area contributed by atoms with Gasteiger partial charge in [-0.15, -0.1) is 0 Å². The fourth-order valence-corrected chi connectivity index (χ4v) is 2.67. The summed E-state index contributed by atoms with van der Waals surface area (Å²) in [4.78, 5) is 2.44. The summed E-state index contributed by atoms with van der Waals surface area (Å²) in [5.74, 6) is 1.60. The van der Waals surface area contributed by atoms with E-state index in [0.29, 0.717) is 12.6 Å². The van der Waals surface area contributed by atoms with Crippen molar-refractivity contribution in [2.24, 2.45) is 7.05 Å². The Morgan fingerprint density at radius 1 is 1.29 bits per heavy atom. The number of nitrogens with one attached hydrogen (secondary N) is 1. The van der Waals surface area contributed by atoms with Crippen molar-refractivity contribution < 1.29 is 4.74 Å². The number of rotatable bonds is 8. The van der Waals surface area contributed by atoms with E-state index < -0.39 is 0 Å². The smallest absolute Gasteiger partial charge is 0.242 e. The Morgan fingerprint density at radius 2 is 2.25 bits per heavy atom. The molecule has 3 rings (SSSR count). The van der Waals surface area contributed by atoms with Crippen molar-refractivity contribution in [3.63, 3.8) is 0 Å². The van der Waals surface area contributed by atoms with Crippen LogP contribution in [-0.4, -0.2) is 51.3 Å². The largest absolute Gasteiger partial charge is 0.494 e. The molecule has 0 saturated heterocycles. The van der Waals surface area contributed by atoms with Crippen molar-refractivity contribution >= 4 is 5.95 Å². The minimum absolute atomic E-state index is 0.661. The average molecular weight is 328 g/mol. The first-order valence-electron chi connectivity index (χ1n) is 8.36. The molecular formula is C17H24N6O. The van der Waals surface area contributed by atoms with E-state index >= 15 is 0 Å². The van der Waals surface area contributed by atoms with Gasteiger partial charge in [0.1, 0.15) is 5.75 Å². The van der Waals surface area contributed by atoms with Gasteiger partial charge in [0.15, 0.2) is 0 Å². The number of aromatic nitrogens is 4. The zero-order valence-corrected chi connectivity index (χ0v) is 14.1. The van der Waals surface area contributed by atoms with Crippen LogP contribution in [0.4, 0.5) is 5.95 Å². The molecule has 2 aromatic rings. The standard InChI is InChI=1S/C17H24N6O/c1-22-17(19-20-21-22)18-9-6-12-24-16-8-5-7-15(13-16)14-23-10-3-2-4-11-23/h2-3,5,7-8,13H,4,6,9-12,14H2,1H3,(H,18,19,21). The van der Waals surface area contributed by atoms with Crippen molar-refractivity contribution in [2.75, 3.05) is 31.6 Å². The Hall–Kier alpha value is -2.41. The monoisotopic (exact) mass is 328 g/mol. The van der Waals surface area contributed by atoms with E-state index in [1.54, 1.807) is 4.68 Å². The summed E-state index contributed by atoms with van der Waals surface area (Å²) in [6.07, 6.45) is 6.52. The normalized spacial score (nSPS) is 14.7. The first kappa shape index (κ1) is 16.4. The molecule has 0 radical (unpaired) electrons. The van der Waals surface area contributed by atoms with Gasteiger partial charge in [-0.05, 0) is 41.0 Å². The summed E-state index contributed by atoms with van der Waals surface area (Å²) in [6, 6.07) is 8.37. The highest BCUT2D eigenvalue weighted by atomic mass is 16.5. The summed E-state index contributed by atoms with van der Waals surface area (Å²) in [7, 11) is 1.81. The summed E-state index contributed by atoms with van der Waals surface area (Å²) >= 11 is 0. The third-order valence-electron chi connectivity index (χ3n) is 3.94. The lowest BCUT2D eigenvalue weighted by Crippen LogP contribution is -2.26. The van der Waals surface area contributed by atoms with E-state index in [1.807, 2.05) is 13.1 Å². The van der Waals surface area contributed by atoms with Gasteiger partial charge in [-0.25, -0.2) is 4.68 Å². The lowest BCUT2D eigenvalue weighted by atomic mass is 10.1. The molecule has 7 heteroatoms. The Morgan fingerprint density at radius 3 is 3.04 bits per heavy atom. The molecule has 0 fully saturated rings.